The number of hydrogen-bond acceptors (Lipinski definition) is 2. The Morgan fingerprint density at radius 2 is 0.714 bits per heavy atom. The Labute approximate surface area is 330 Å². The number of anilines is 6. The van der Waals surface area contributed by atoms with E-state index in [1.807, 2.05) is 12.2 Å². The Bertz CT molecular complexity index is 2550. The highest BCUT2D eigenvalue weighted by Gasteiger charge is 2.18. The monoisotopic (exact) mass is 718 g/mol. The van der Waals surface area contributed by atoms with Gasteiger partial charge in [-0.1, -0.05) is 177 Å². The van der Waals surface area contributed by atoms with Crippen molar-refractivity contribution < 1.29 is 0 Å². The standard InChI is InChI=1S/C54H42N2/c1-3-16-41(4-2)43-29-39-52(40-30-43)56(49-21-12-7-13-22-49)54-24-15-14-23-53(54)47-27-25-44(26-28-47)46-33-37-51(38-34-46)55(48-19-10-6-11-20-48)50-35-31-45(32-36-50)42-17-8-5-9-18-42/h3-40H,1-2H2/b41-16+. The Balaban J connectivity index is 1.09. The third-order valence-electron chi connectivity index (χ3n) is 10.0. The summed E-state index contributed by atoms with van der Waals surface area (Å²) in [5.74, 6) is 0. The van der Waals surface area contributed by atoms with Gasteiger partial charge in [-0.15, -0.1) is 0 Å². The molecule has 0 atom stereocenters. The molecular weight excluding hydrogens is 677 g/mol. The largest absolute Gasteiger partial charge is 0.311 e. The zero-order chi connectivity index (χ0) is 38.1. The van der Waals surface area contributed by atoms with E-state index in [1.165, 1.54) is 11.1 Å². The molecule has 0 saturated carbocycles. The van der Waals surface area contributed by atoms with Crippen molar-refractivity contribution in [1.82, 2.24) is 0 Å². The molecule has 0 saturated heterocycles. The lowest BCUT2D eigenvalue weighted by Crippen LogP contribution is -2.11. The number of hydrogen-bond donors (Lipinski definition) is 0. The fourth-order valence-electron chi connectivity index (χ4n) is 7.23. The molecule has 8 aromatic carbocycles. The fraction of sp³-hybridized carbons (Fsp3) is 0. The Morgan fingerprint density at radius 1 is 0.339 bits per heavy atom. The van der Waals surface area contributed by atoms with E-state index in [-0.39, 0.29) is 0 Å². The van der Waals surface area contributed by atoms with Gasteiger partial charge in [0, 0.05) is 34.0 Å². The second-order valence-electron chi connectivity index (χ2n) is 13.5. The predicted molar refractivity (Wildman–Crippen MR) is 240 cm³/mol. The van der Waals surface area contributed by atoms with Gasteiger partial charge in [0.25, 0.3) is 0 Å². The highest BCUT2D eigenvalue weighted by atomic mass is 15.1. The van der Waals surface area contributed by atoms with Crippen LogP contribution in [0.2, 0.25) is 0 Å². The van der Waals surface area contributed by atoms with E-state index in [9.17, 15) is 0 Å². The van der Waals surface area contributed by atoms with E-state index in [0.717, 1.165) is 67.5 Å². The van der Waals surface area contributed by atoms with Gasteiger partial charge in [0.2, 0.25) is 0 Å². The van der Waals surface area contributed by atoms with Crippen molar-refractivity contribution in [3.63, 3.8) is 0 Å². The summed E-state index contributed by atoms with van der Waals surface area (Å²) in [6.45, 7) is 7.86. The van der Waals surface area contributed by atoms with Gasteiger partial charge in [0.15, 0.2) is 0 Å². The number of nitrogens with zero attached hydrogens (tertiary/aromatic N) is 2. The SMILES string of the molecule is C=C/C=C(\C=C)c1ccc(N(c2ccccc2)c2ccccc2-c2ccc(-c3ccc(N(c4ccccc4)c4ccc(-c5ccccc5)cc4)cc3)cc2)cc1. The molecule has 0 unspecified atom stereocenters. The molecule has 2 nitrogen and oxygen atoms in total. The van der Waals surface area contributed by atoms with Crippen molar-refractivity contribution in [2.75, 3.05) is 9.80 Å². The molecule has 0 aliphatic rings. The molecule has 0 fully saturated rings. The van der Waals surface area contributed by atoms with E-state index in [2.05, 4.69) is 235 Å². The minimum Gasteiger partial charge on any atom is -0.311 e. The third kappa shape index (κ3) is 7.64. The Hall–Kier alpha value is -7.42. The average Bonchev–Trinajstić information content (AvgIpc) is 3.28. The lowest BCUT2D eigenvalue weighted by Gasteiger charge is -2.28. The predicted octanol–water partition coefficient (Wildman–Crippen LogP) is 15.4. The summed E-state index contributed by atoms with van der Waals surface area (Å²) in [4.78, 5) is 4.63. The van der Waals surface area contributed by atoms with Crippen LogP contribution in [0.25, 0.3) is 39.0 Å². The maximum atomic E-state index is 3.99. The summed E-state index contributed by atoms with van der Waals surface area (Å²) in [5, 5.41) is 0. The normalized spacial score (nSPS) is 11.1. The molecule has 0 bridgehead atoms. The van der Waals surface area contributed by atoms with Gasteiger partial charge in [-0.25, -0.2) is 0 Å². The fourth-order valence-corrected chi connectivity index (χ4v) is 7.23. The van der Waals surface area contributed by atoms with Crippen LogP contribution in [0.3, 0.4) is 0 Å². The first-order chi connectivity index (χ1) is 27.7. The van der Waals surface area contributed by atoms with E-state index in [4.69, 9.17) is 0 Å². The molecule has 0 aliphatic heterocycles. The molecule has 0 N–H and O–H groups in total. The van der Waals surface area contributed by atoms with E-state index >= 15 is 0 Å². The van der Waals surface area contributed by atoms with E-state index < -0.39 is 0 Å². The highest BCUT2D eigenvalue weighted by Crippen LogP contribution is 2.42. The zero-order valence-electron chi connectivity index (χ0n) is 31.2. The average molecular weight is 719 g/mol. The van der Waals surface area contributed by atoms with Gasteiger partial charge >= 0.3 is 0 Å². The van der Waals surface area contributed by atoms with Crippen LogP contribution in [0.5, 0.6) is 0 Å². The topological polar surface area (TPSA) is 6.48 Å². The summed E-state index contributed by atoms with van der Waals surface area (Å²) in [6.07, 6.45) is 5.64. The molecular formula is C54H42N2. The molecule has 0 aromatic heterocycles. The molecule has 8 aromatic rings. The second-order valence-corrected chi connectivity index (χ2v) is 13.5. The van der Waals surface area contributed by atoms with Crippen LogP contribution < -0.4 is 9.80 Å². The van der Waals surface area contributed by atoms with Crippen LogP contribution in [0.15, 0.2) is 244 Å². The molecule has 56 heavy (non-hydrogen) atoms. The number of para-hydroxylation sites is 3. The van der Waals surface area contributed by atoms with Gasteiger partial charge in [-0.05, 0) is 106 Å². The summed E-state index contributed by atoms with van der Waals surface area (Å²) < 4.78 is 0. The Morgan fingerprint density at radius 3 is 1.23 bits per heavy atom. The van der Waals surface area contributed by atoms with Crippen molar-refractivity contribution in [3.8, 4) is 33.4 Å². The maximum Gasteiger partial charge on any atom is 0.0540 e. The molecule has 2 heteroatoms. The lowest BCUT2D eigenvalue weighted by atomic mass is 9.98. The van der Waals surface area contributed by atoms with Crippen LogP contribution in [-0.4, -0.2) is 0 Å². The quantitative estimate of drug-likeness (QED) is 0.116. The molecule has 0 heterocycles. The maximum absolute atomic E-state index is 3.99. The van der Waals surface area contributed by atoms with Crippen LogP contribution in [0, 0.1) is 0 Å². The van der Waals surface area contributed by atoms with Crippen molar-refractivity contribution in [2.24, 2.45) is 0 Å². The Kier molecular flexibility index (Phi) is 10.6. The van der Waals surface area contributed by atoms with Gasteiger partial charge in [-0.2, -0.15) is 0 Å². The molecule has 0 amide bonds. The van der Waals surface area contributed by atoms with Gasteiger partial charge in [-0.3, -0.25) is 0 Å². The van der Waals surface area contributed by atoms with Crippen molar-refractivity contribution in [3.05, 3.63) is 249 Å². The van der Waals surface area contributed by atoms with Crippen LogP contribution in [0.4, 0.5) is 34.1 Å². The number of allylic oxidation sites excluding steroid dienone is 4. The minimum atomic E-state index is 1.04. The van der Waals surface area contributed by atoms with Crippen molar-refractivity contribution in [1.29, 1.82) is 0 Å². The second kappa shape index (κ2) is 16.7. The van der Waals surface area contributed by atoms with E-state index in [1.54, 1.807) is 6.08 Å². The molecule has 0 radical (unpaired) electrons. The number of rotatable bonds is 12. The van der Waals surface area contributed by atoms with Gasteiger partial charge < -0.3 is 9.80 Å². The molecule has 268 valence electrons. The molecule has 0 aliphatic carbocycles. The van der Waals surface area contributed by atoms with Crippen LogP contribution >= 0.6 is 0 Å². The van der Waals surface area contributed by atoms with Gasteiger partial charge in [0.05, 0.1) is 5.69 Å². The summed E-state index contributed by atoms with van der Waals surface area (Å²) in [7, 11) is 0. The summed E-state index contributed by atoms with van der Waals surface area (Å²) >= 11 is 0. The first-order valence-electron chi connectivity index (χ1n) is 18.9. The van der Waals surface area contributed by atoms with Crippen molar-refractivity contribution >= 4 is 39.7 Å². The van der Waals surface area contributed by atoms with Crippen LogP contribution in [-0.2, 0) is 0 Å². The number of benzene rings is 8. The zero-order valence-corrected chi connectivity index (χ0v) is 31.2. The van der Waals surface area contributed by atoms with Gasteiger partial charge in [0.1, 0.15) is 0 Å². The minimum absolute atomic E-state index is 1.04. The first kappa shape index (κ1) is 35.6. The summed E-state index contributed by atoms with van der Waals surface area (Å²) in [5.41, 5.74) is 15.8. The summed E-state index contributed by atoms with van der Waals surface area (Å²) in [6, 6.07) is 75.4. The lowest BCUT2D eigenvalue weighted by molar-refractivity contribution is 1.28. The van der Waals surface area contributed by atoms with E-state index in [0.29, 0.717) is 0 Å². The first-order valence-corrected chi connectivity index (χ1v) is 18.9. The molecule has 8 rings (SSSR count). The smallest absolute Gasteiger partial charge is 0.0540 e. The van der Waals surface area contributed by atoms with Crippen LogP contribution in [0.1, 0.15) is 5.56 Å². The van der Waals surface area contributed by atoms with Crippen molar-refractivity contribution in [2.45, 2.75) is 0 Å². The highest BCUT2D eigenvalue weighted by molar-refractivity contribution is 5.89. The molecule has 0 spiro atoms. The third-order valence-corrected chi connectivity index (χ3v) is 10.0.